The van der Waals surface area contributed by atoms with Gasteiger partial charge in [-0.3, -0.25) is 4.79 Å². The normalized spacial score (nSPS) is 23.5. The zero-order chi connectivity index (χ0) is 14.1. The lowest BCUT2D eigenvalue weighted by Crippen LogP contribution is -2.53. The number of amides is 1. The van der Waals surface area contributed by atoms with Gasteiger partial charge in [0.1, 0.15) is 6.61 Å². The van der Waals surface area contributed by atoms with Crippen LogP contribution >= 0.6 is 0 Å². The van der Waals surface area contributed by atoms with Crippen molar-refractivity contribution in [3.05, 3.63) is 12.7 Å². The van der Waals surface area contributed by atoms with Gasteiger partial charge in [0, 0.05) is 13.1 Å². The maximum atomic E-state index is 11.6. The zero-order valence-electron chi connectivity index (χ0n) is 10.8. The monoisotopic (exact) mass is 269 g/mol. The Kier molecular flexibility index (Phi) is 3.54. The van der Waals surface area contributed by atoms with E-state index in [0.717, 1.165) is 0 Å². The molecule has 1 saturated heterocycles. The predicted octanol–water partition coefficient (Wildman–Crippen LogP) is 1.00. The van der Waals surface area contributed by atoms with E-state index in [9.17, 15) is 19.8 Å². The highest BCUT2D eigenvalue weighted by atomic mass is 16.6. The first-order valence-corrected chi connectivity index (χ1v) is 6.44. The van der Waals surface area contributed by atoms with Gasteiger partial charge in [-0.2, -0.15) is 0 Å². The van der Waals surface area contributed by atoms with E-state index < -0.39 is 23.1 Å². The van der Waals surface area contributed by atoms with Crippen LogP contribution in [-0.2, 0) is 9.53 Å². The molecule has 1 amide bonds. The summed E-state index contributed by atoms with van der Waals surface area (Å²) in [5.41, 5.74) is -2.20. The van der Waals surface area contributed by atoms with E-state index in [0.29, 0.717) is 25.9 Å². The molecule has 0 aromatic heterocycles. The van der Waals surface area contributed by atoms with E-state index >= 15 is 0 Å². The lowest BCUT2D eigenvalue weighted by molar-refractivity contribution is -0.160. The van der Waals surface area contributed by atoms with Gasteiger partial charge >= 0.3 is 12.1 Å². The Morgan fingerprint density at radius 2 is 1.84 bits per heavy atom. The third-order valence-corrected chi connectivity index (χ3v) is 4.22. The molecule has 1 heterocycles. The molecule has 2 rings (SSSR count). The van der Waals surface area contributed by atoms with Crippen molar-refractivity contribution in [1.82, 2.24) is 4.90 Å². The van der Waals surface area contributed by atoms with Crippen LogP contribution in [0.1, 0.15) is 25.7 Å². The molecule has 0 spiro atoms. The SMILES string of the molecule is C=CCOC(=O)N1CCC(O)(C2(C(=O)O)CC2)CC1. The molecule has 1 aliphatic carbocycles. The van der Waals surface area contributed by atoms with Crippen molar-refractivity contribution in [1.29, 1.82) is 0 Å². The summed E-state index contributed by atoms with van der Waals surface area (Å²) in [5, 5.41) is 19.8. The van der Waals surface area contributed by atoms with Crippen LogP contribution in [0.4, 0.5) is 4.79 Å². The molecule has 1 saturated carbocycles. The van der Waals surface area contributed by atoms with Crippen LogP contribution in [-0.4, -0.2) is 52.5 Å². The first-order chi connectivity index (χ1) is 8.95. The molecule has 0 unspecified atom stereocenters. The van der Waals surface area contributed by atoms with E-state index in [1.54, 1.807) is 0 Å². The fourth-order valence-corrected chi connectivity index (χ4v) is 2.76. The van der Waals surface area contributed by atoms with E-state index in [1.807, 2.05) is 0 Å². The molecule has 19 heavy (non-hydrogen) atoms. The average molecular weight is 269 g/mol. The van der Waals surface area contributed by atoms with Crippen molar-refractivity contribution < 1.29 is 24.5 Å². The van der Waals surface area contributed by atoms with Gasteiger partial charge in [0.2, 0.25) is 0 Å². The van der Waals surface area contributed by atoms with Crippen molar-refractivity contribution >= 4 is 12.1 Å². The minimum atomic E-state index is -1.20. The summed E-state index contributed by atoms with van der Waals surface area (Å²) in [4.78, 5) is 24.4. The predicted molar refractivity (Wildman–Crippen MR) is 66.6 cm³/mol. The molecule has 106 valence electrons. The van der Waals surface area contributed by atoms with Gasteiger partial charge in [0.25, 0.3) is 0 Å². The first kappa shape index (κ1) is 13.9. The van der Waals surface area contributed by atoms with Gasteiger partial charge in [-0.1, -0.05) is 12.7 Å². The van der Waals surface area contributed by atoms with E-state index in [1.165, 1.54) is 11.0 Å². The summed E-state index contributed by atoms with van der Waals surface area (Å²) in [5.74, 6) is -0.933. The summed E-state index contributed by atoms with van der Waals surface area (Å²) in [6.45, 7) is 4.25. The Bertz CT molecular complexity index is 394. The number of hydrogen-bond acceptors (Lipinski definition) is 4. The number of carboxylic acids is 1. The van der Waals surface area contributed by atoms with Crippen LogP contribution in [0.25, 0.3) is 0 Å². The van der Waals surface area contributed by atoms with Gasteiger partial charge in [0.05, 0.1) is 11.0 Å². The summed E-state index contributed by atoms with van der Waals surface area (Å²) >= 11 is 0. The molecule has 6 heteroatoms. The van der Waals surface area contributed by atoms with Crippen LogP contribution in [0.15, 0.2) is 12.7 Å². The van der Waals surface area contributed by atoms with Crippen LogP contribution in [0.3, 0.4) is 0 Å². The van der Waals surface area contributed by atoms with E-state index in [4.69, 9.17) is 4.74 Å². The molecule has 1 aliphatic heterocycles. The van der Waals surface area contributed by atoms with Crippen molar-refractivity contribution in [2.75, 3.05) is 19.7 Å². The van der Waals surface area contributed by atoms with E-state index in [-0.39, 0.29) is 19.4 Å². The summed E-state index contributed by atoms with van der Waals surface area (Å²) in [6, 6.07) is 0. The van der Waals surface area contributed by atoms with Crippen molar-refractivity contribution in [3.63, 3.8) is 0 Å². The second-order valence-corrected chi connectivity index (χ2v) is 5.27. The van der Waals surface area contributed by atoms with Gasteiger partial charge in [-0.05, 0) is 25.7 Å². The third-order valence-electron chi connectivity index (χ3n) is 4.22. The number of carbonyl (C=O) groups excluding carboxylic acids is 1. The van der Waals surface area contributed by atoms with Gasteiger partial charge in [0.15, 0.2) is 0 Å². The number of aliphatic carboxylic acids is 1. The highest BCUT2D eigenvalue weighted by Gasteiger charge is 2.64. The Morgan fingerprint density at radius 3 is 2.26 bits per heavy atom. The largest absolute Gasteiger partial charge is 0.481 e. The zero-order valence-corrected chi connectivity index (χ0v) is 10.8. The number of nitrogens with zero attached hydrogens (tertiary/aromatic N) is 1. The smallest absolute Gasteiger partial charge is 0.410 e. The molecular weight excluding hydrogens is 250 g/mol. The number of ether oxygens (including phenoxy) is 1. The van der Waals surface area contributed by atoms with Crippen LogP contribution in [0.5, 0.6) is 0 Å². The molecule has 2 aliphatic rings. The fourth-order valence-electron chi connectivity index (χ4n) is 2.76. The first-order valence-electron chi connectivity index (χ1n) is 6.44. The minimum absolute atomic E-state index is 0.151. The maximum Gasteiger partial charge on any atom is 0.410 e. The fraction of sp³-hybridized carbons (Fsp3) is 0.692. The van der Waals surface area contributed by atoms with Crippen LogP contribution in [0.2, 0.25) is 0 Å². The molecule has 0 atom stereocenters. The van der Waals surface area contributed by atoms with Crippen LogP contribution in [0, 0.1) is 5.41 Å². The molecule has 0 bridgehead atoms. The molecule has 2 N–H and O–H groups in total. The maximum absolute atomic E-state index is 11.6. The number of carbonyl (C=O) groups is 2. The molecule has 6 nitrogen and oxygen atoms in total. The molecule has 0 radical (unpaired) electrons. The number of aliphatic hydroxyl groups is 1. The lowest BCUT2D eigenvalue weighted by atomic mass is 9.77. The summed E-state index contributed by atoms with van der Waals surface area (Å²) in [6.07, 6.45) is 2.63. The highest BCUT2D eigenvalue weighted by molar-refractivity contribution is 5.79. The van der Waals surface area contributed by atoms with Gasteiger partial charge in [-0.25, -0.2) is 4.79 Å². The Morgan fingerprint density at radius 1 is 1.26 bits per heavy atom. The van der Waals surface area contributed by atoms with Gasteiger partial charge < -0.3 is 19.8 Å². The molecule has 0 aromatic rings. The second kappa shape index (κ2) is 4.85. The van der Waals surface area contributed by atoms with Crippen molar-refractivity contribution in [2.24, 2.45) is 5.41 Å². The number of hydrogen-bond donors (Lipinski definition) is 2. The van der Waals surface area contributed by atoms with Gasteiger partial charge in [-0.15, -0.1) is 0 Å². The topological polar surface area (TPSA) is 87.1 Å². The van der Waals surface area contributed by atoms with Crippen molar-refractivity contribution in [3.8, 4) is 0 Å². The summed E-state index contributed by atoms with van der Waals surface area (Å²) in [7, 11) is 0. The number of likely N-dealkylation sites (tertiary alicyclic amines) is 1. The standard InChI is InChI=1S/C13H19NO5/c1-2-9-19-11(17)14-7-5-13(18,6-8-14)12(3-4-12)10(15)16/h2,18H,1,3-9H2,(H,15,16). The Balaban J connectivity index is 1.94. The number of rotatable bonds is 4. The minimum Gasteiger partial charge on any atom is -0.481 e. The Labute approximate surface area is 111 Å². The average Bonchev–Trinajstić information content (AvgIpc) is 3.18. The van der Waals surface area contributed by atoms with Crippen LogP contribution < -0.4 is 0 Å². The summed E-state index contributed by atoms with van der Waals surface area (Å²) < 4.78 is 4.92. The number of piperidine rings is 1. The molecule has 0 aromatic carbocycles. The lowest BCUT2D eigenvalue weighted by Gasteiger charge is -2.41. The molecular formula is C13H19NO5. The van der Waals surface area contributed by atoms with E-state index in [2.05, 4.69) is 6.58 Å². The highest BCUT2D eigenvalue weighted by Crippen LogP contribution is 2.57. The Hall–Kier alpha value is -1.56. The quantitative estimate of drug-likeness (QED) is 0.743. The second-order valence-electron chi connectivity index (χ2n) is 5.27. The molecule has 2 fully saturated rings. The number of carboxylic acid groups (broad SMARTS) is 1. The van der Waals surface area contributed by atoms with Crippen molar-refractivity contribution in [2.45, 2.75) is 31.3 Å². The third kappa shape index (κ3) is 2.32.